The Kier molecular flexibility index (Phi) is 2.39. The molecule has 2 amide bonds. The summed E-state index contributed by atoms with van der Waals surface area (Å²) in [5, 5.41) is 5.90. The number of nitrogens with one attached hydrogen (secondary N) is 2. The molecule has 1 unspecified atom stereocenters. The van der Waals surface area contributed by atoms with E-state index in [1.807, 2.05) is 0 Å². The predicted molar refractivity (Wildman–Crippen MR) is 55.2 cm³/mol. The zero-order valence-corrected chi connectivity index (χ0v) is 8.97. The van der Waals surface area contributed by atoms with Crippen molar-refractivity contribution in [2.75, 3.05) is 26.7 Å². The minimum absolute atomic E-state index is 0.00794. The number of carbonyl (C=O) groups is 1. The van der Waals surface area contributed by atoms with Crippen LogP contribution in [0.1, 0.15) is 19.8 Å². The summed E-state index contributed by atoms with van der Waals surface area (Å²) < 4.78 is 0. The number of rotatable bonds is 1. The van der Waals surface area contributed by atoms with Gasteiger partial charge in [0, 0.05) is 6.54 Å². The largest absolute Gasteiger partial charge is 0.336 e. The molecule has 0 aromatic rings. The molecule has 4 heteroatoms. The number of piperidine rings is 1. The molecule has 0 aromatic heterocycles. The fraction of sp³-hybridized carbons (Fsp3) is 0.900. The van der Waals surface area contributed by atoms with Gasteiger partial charge in [0.15, 0.2) is 0 Å². The van der Waals surface area contributed by atoms with E-state index in [1.54, 1.807) is 0 Å². The van der Waals surface area contributed by atoms with Gasteiger partial charge < -0.3 is 15.5 Å². The summed E-state index contributed by atoms with van der Waals surface area (Å²) in [5.74, 6) is 0.623. The molecule has 1 atom stereocenters. The molecule has 0 radical (unpaired) electrons. The average molecular weight is 197 g/mol. The third kappa shape index (κ3) is 1.71. The third-order valence-electron chi connectivity index (χ3n) is 3.63. The monoisotopic (exact) mass is 197 g/mol. The fourth-order valence-electron chi connectivity index (χ4n) is 2.50. The Morgan fingerprint density at radius 3 is 2.57 bits per heavy atom. The van der Waals surface area contributed by atoms with Gasteiger partial charge in [0.05, 0.1) is 5.54 Å². The lowest BCUT2D eigenvalue weighted by Gasteiger charge is -2.38. The number of carbonyl (C=O) groups excluding carboxylic acids is 1. The van der Waals surface area contributed by atoms with Crippen molar-refractivity contribution in [2.45, 2.75) is 25.3 Å². The molecule has 0 saturated carbocycles. The van der Waals surface area contributed by atoms with Crippen LogP contribution in [0.4, 0.5) is 4.79 Å². The van der Waals surface area contributed by atoms with Crippen molar-refractivity contribution in [3.63, 3.8) is 0 Å². The van der Waals surface area contributed by atoms with Crippen LogP contribution in [-0.4, -0.2) is 43.2 Å². The smallest absolute Gasteiger partial charge is 0.315 e. The molecule has 2 saturated heterocycles. The van der Waals surface area contributed by atoms with E-state index in [2.05, 4.69) is 29.5 Å². The maximum Gasteiger partial charge on any atom is 0.315 e. The van der Waals surface area contributed by atoms with Crippen LogP contribution >= 0.6 is 0 Å². The molecule has 2 fully saturated rings. The maximum absolute atomic E-state index is 11.1. The SMILES string of the molecule is CN1CCC(C2(C)CNC(=O)N2)CC1. The Bertz CT molecular complexity index is 236. The van der Waals surface area contributed by atoms with Crippen molar-refractivity contribution < 1.29 is 4.79 Å². The summed E-state index contributed by atoms with van der Waals surface area (Å²) in [6, 6.07) is -0.00794. The molecule has 4 nitrogen and oxygen atoms in total. The predicted octanol–water partition coefficient (Wildman–Crippen LogP) is 0.400. The van der Waals surface area contributed by atoms with Crippen LogP contribution < -0.4 is 10.6 Å². The molecule has 2 heterocycles. The highest BCUT2D eigenvalue weighted by molar-refractivity contribution is 5.77. The first-order valence-corrected chi connectivity index (χ1v) is 5.35. The van der Waals surface area contributed by atoms with Crippen molar-refractivity contribution in [2.24, 2.45) is 5.92 Å². The Morgan fingerprint density at radius 1 is 1.43 bits per heavy atom. The number of nitrogens with zero attached hydrogens (tertiary/aromatic N) is 1. The van der Waals surface area contributed by atoms with Gasteiger partial charge in [0.25, 0.3) is 0 Å². The van der Waals surface area contributed by atoms with Crippen molar-refractivity contribution in [1.29, 1.82) is 0 Å². The van der Waals surface area contributed by atoms with Gasteiger partial charge in [-0.3, -0.25) is 0 Å². The van der Waals surface area contributed by atoms with Crippen LogP contribution in [0.15, 0.2) is 0 Å². The number of hydrogen-bond acceptors (Lipinski definition) is 2. The minimum Gasteiger partial charge on any atom is -0.336 e. The minimum atomic E-state index is -0.0155. The molecular weight excluding hydrogens is 178 g/mol. The lowest BCUT2D eigenvalue weighted by Crippen LogP contribution is -2.50. The molecule has 2 aliphatic rings. The van der Waals surface area contributed by atoms with E-state index >= 15 is 0 Å². The molecule has 80 valence electrons. The number of likely N-dealkylation sites (tertiary alicyclic amines) is 1. The number of amides is 2. The summed E-state index contributed by atoms with van der Waals surface area (Å²) in [4.78, 5) is 13.5. The number of hydrogen-bond donors (Lipinski definition) is 2. The molecule has 2 aliphatic heterocycles. The first kappa shape index (κ1) is 9.77. The van der Waals surface area contributed by atoms with Gasteiger partial charge in [-0.15, -0.1) is 0 Å². The lowest BCUT2D eigenvalue weighted by atomic mass is 9.80. The van der Waals surface area contributed by atoms with Crippen LogP contribution in [0.25, 0.3) is 0 Å². The molecule has 0 bridgehead atoms. The van der Waals surface area contributed by atoms with E-state index in [-0.39, 0.29) is 11.6 Å². The second-order valence-electron chi connectivity index (χ2n) is 4.80. The highest BCUT2D eigenvalue weighted by atomic mass is 16.2. The van der Waals surface area contributed by atoms with Gasteiger partial charge in [0.1, 0.15) is 0 Å². The Morgan fingerprint density at radius 2 is 2.07 bits per heavy atom. The van der Waals surface area contributed by atoms with Crippen molar-refractivity contribution >= 4 is 6.03 Å². The van der Waals surface area contributed by atoms with E-state index in [9.17, 15) is 4.79 Å². The van der Waals surface area contributed by atoms with Crippen LogP contribution in [0.2, 0.25) is 0 Å². The first-order valence-electron chi connectivity index (χ1n) is 5.35. The van der Waals surface area contributed by atoms with Crippen LogP contribution in [0.3, 0.4) is 0 Å². The second kappa shape index (κ2) is 3.42. The highest BCUT2D eigenvalue weighted by Crippen LogP contribution is 2.29. The summed E-state index contributed by atoms with van der Waals surface area (Å²) in [6.45, 7) is 5.23. The van der Waals surface area contributed by atoms with Crippen molar-refractivity contribution in [1.82, 2.24) is 15.5 Å². The number of urea groups is 1. The Balaban J connectivity index is 1.97. The Labute approximate surface area is 85.0 Å². The fourth-order valence-corrected chi connectivity index (χ4v) is 2.50. The molecule has 14 heavy (non-hydrogen) atoms. The van der Waals surface area contributed by atoms with E-state index in [0.717, 1.165) is 19.6 Å². The normalized spacial score (nSPS) is 35.4. The summed E-state index contributed by atoms with van der Waals surface area (Å²) >= 11 is 0. The highest BCUT2D eigenvalue weighted by Gasteiger charge is 2.40. The zero-order valence-electron chi connectivity index (χ0n) is 8.97. The molecule has 0 aliphatic carbocycles. The standard InChI is InChI=1S/C10H19N3O/c1-10(7-11-9(14)12-10)8-3-5-13(2)6-4-8/h8H,3-7H2,1-2H3,(H2,11,12,14). The van der Waals surface area contributed by atoms with E-state index < -0.39 is 0 Å². The van der Waals surface area contributed by atoms with Crippen LogP contribution in [0, 0.1) is 5.92 Å². The van der Waals surface area contributed by atoms with Crippen molar-refractivity contribution in [3.8, 4) is 0 Å². The van der Waals surface area contributed by atoms with Gasteiger partial charge >= 0.3 is 6.03 Å². The van der Waals surface area contributed by atoms with E-state index in [1.165, 1.54) is 12.8 Å². The summed E-state index contributed by atoms with van der Waals surface area (Å²) in [6.07, 6.45) is 2.38. The van der Waals surface area contributed by atoms with Gasteiger partial charge in [-0.2, -0.15) is 0 Å². The zero-order chi connectivity index (χ0) is 10.2. The van der Waals surface area contributed by atoms with E-state index in [4.69, 9.17) is 0 Å². The molecule has 2 N–H and O–H groups in total. The second-order valence-corrected chi connectivity index (χ2v) is 4.80. The third-order valence-corrected chi connectivity index (χ3v) is 3.63. The van der Waals surface area contributed by atoms with Crippen LogP contribution in [-0.2, 0) is 0 Å². The molecular formula is C10H19N3O. The lowest BCUT2D eigenvalue weighted by molar-refractivity contribution is 0.152. The maximum atomic E-state index is 11.1. The van der Waals surface area contributed by atoms with Gasteiger partial charge in [-0.1, -0.05) is 0 Å². The summed E-state index contributed by atoms with van der Waals surface area (Å²) in [7, 11) is 2.16. The van der Waals surface area contributed by atoms with Gasteiger partial charge in [-0.05, 0) is 45.8 Å². The molecule has 0 aromatic carbocycles. The quantitative estimate of drug-likeness (QED) is 0.639. The van der Waals surface area contributed by atoms with Gasteiger partial charge in [0.2, 0.25) is 0 Å². The van der Waals surface area contributed by atoms with Crippen molar-refractivity contribution in [3.05, 3.63) is 0 Å². The van der Waals surface area contributed by atoms with E-state index in [0.29, 0.717) is 5.92 Å². The molecule has 0 spiro atoms. The summed E-state index contributed by atoms with van der Waals surface area (Å²) in [5.41, 5.74) is -0.0155. The Hall–Kier alpha value is -0.770. The average Bonchev–Trinajstić information content (AvgIpc) is 2.48. The first-order chi connectivity index (χ1) is 6.60. The van der Waals surface area contributed by atoms with Crippen LogP contribution in [0.5, 0.6) is 0 Å². The van der Waals surface area contributed by atoms with Gasteiger partial charge in [-0.25, -0.2) is 4.79 Å². The molecule has 2 rings (SSSR count). The topological polar surface area (TPSA) is 44.4 Å².